The van der Waals surface area contributed by atoms with Crippen LogP contribution in [0.15, 0.2) is 46.4 Å². The molecule has 1 N–H and O–H groups in total. The monoisotopic (exact) mass is 372 g/mol. The SMILES string of the molecule is COc1ccc(-c2nc(CC(=O)N[C@H](C)c3ccco3)cs2)cc1OC. The summed E-state index contributed by atoms with van der Waals surface area (Å²) in [7, 11) is 3.20. The number of amides is 1. The summed E-state index contributed by atoms with van der Waals surface area (Å²) in [4.78, 5) is 16.8. The Morgan fingerprint density at radius 1 is 1.27 bits per heavy atom. The van der Waals surface area contributed by atoms with Crippen LogP contribution in [-0.2, 0) is 11.2 Å². The van der Waals surface area contributed by atoms with Gasteiger partial charge in [0.2, 0.25) is 5.91 Å². The first kappa shape index (κ1) is 18.0. The van der Waals surface area contributed by atoms with Crippen molar-refractivity contribution in [2.24, 2.45) is 0 Å². The molecule has 1 amide bonds. The van der Waals surface area contributed by atoms with Crippen molar-refractivity contribution >= 4 is 17.2 Å². The summed E-state index contributed by atoms with van der Waals surface area (Å²) in [6.07, 6.45) is 1.81. The van der Waals surface area contributed by atoms with Crippen LogP contribution < -0.4 is 14.8 Å². The Balaban J connectivity index is 1.67. The second-order valence-corrected chi connectivity index (χ2v) is 6.55. The lowest BCUT2D eigenvalue weighted by atomic mass is 10.2. The van der Waals surface area contributed by atoms with E-state index in [2.05, 4.69) is 10.3 Å². The topological polar surface area (TPSA) is 73.6 Å². The lowest BCUT2D eigenvalue weighted by Crippen LogP contribution is -2.27. The smallest absolute Gasteiger partial charge is 0.226 e. The number of carbonyl (C=O) groups is 1. The van der Waals surface area contributed by atoms with E-state index < -0.39 is 0 Å². The molecule has 0 saturated carbocycles. The number of nitrogens with one attached hydrogen (secondary N) is 1. The zero-order chi connectivity index (χ0) is 18.5. The van der Waals surface area contributed by atoms with Gasteiger partial charge in [0, 0.05) is 10.9 Å². The molecule has 136 valence electrons. The molecule has 3 aromatic rings. The van der Waals surface area contributed by atoms with E-state index in [-0.39, 0.29) is 18.4 Å². The molecule has 0 unspecified atom stereocenters. The lowest BCUT2D eigenvalue weighted by Gasteiger charge is -2.10. The molecule has 3 rings (SSSR count). The molecular formula is C19H20N2O4S. The summed E-state index contributed by atoms with van der Waals surface area (Å²) in [6.45, 7) is 1.88. The summed E-state index contributed by atoms with van der Waals surface area (Å²) in [5.41, 5.74) is 1.65. The molecule has 1 atom stereocenters. The summed E-state index contributed by atoms with van der Waals surface area (Å²) in [5.74, 6) is 1.94. The van der Waals surface area contributed by atoms with E-state index in [1.54, 1.807) is 26.5 Å². The highest BCUT2D eigenvalue weighted by atomic mass is 32.1. The first-order valence-corrected chi connectivity index (χ1v) is 8.98. The quantitative estimate of drug-likeness (QED) is 0.682. The minimum atomic E-state index is -0.179. The molecule has 0 aliphatic rings. The predicted molar refractivity (Wildman–Crippen MR) is 99.6 cm³/mol. The third-order valence-electron chi connectivity index (χ3n) is 3.87. The van der Waals surface area contributed by atoms with Gasteiger partial charge in [-0.3, -0.25) is 4.79 Å². The maximum atomic E-state index is 12.2. The zero-order valence-electron chi connectivity index (χ0n) is 14.8. The molecule has 0 aliphatic carbocycles. The molecular weight excluding hydrogens is 352 g/mol. The fourth-order valence-corrected chi connectivity index (χ4v) is 3.37. The van der Waals surface area contributed by atoms with Crippen molar-refractivity contribution in [1.29, 1.82) is 0 Å². The Kier molecular flexibility index (Phi) is 5.58. The average molecular weight is 372 g/mol. The fraction of sp³-hybridized carbons (Fsp3) is 0.263. The van der Waals surface area contributed by atoms with Gasteiger partial charge in [0.25, 0.3) is 0 Å². The Labute approximate surface area is 155 Å². The van der Waals surface area contributed by atoms with Crippen molar-refractivity contribution in [3.8, 4) is 22.1 Å². The molecule has 2 aromatic heterocycles. The molecule has 0 aliphatic heterocycles. The van der Waals surface area contributed by atoms with Crippen LogP contribution in [0.4, 0.5) is 0 Å². The predicted octanol–water partition coefficient (Wildman–Crippen LogP) is 3.84. The van der Waals surface area contributed by atoms with Gasteiger partial charge in [0.15, 0.2) is 11.5 Å². The first-order valence-electron chi connectivity index (χ1n) is 8.10. The summed E-state index contributed by atoms with van der Waals surface area (Å²) in [5, 5.41) is 5.63. The van der Waals surface area contributed by atoms with Gasteiger partial charge in [-0.2, -0.15) is 0 Å². The summed E-state index contributed by atoms with van der Waals surface area (Å²) in [6, 6.07) is 9.09. The summed E-state index contributed by atoms with van der Waals surface area (Å²) >= 11 is 1.49. The van der Waals surface area contributed by atoms with Crippen LogP contribution in [0.3, 0.4) is 0 Å². The number of rotatable bonds is 7. The number of methoxy groups -OCH3 is 2. The number of hydrogen-bond acceptors (Lipinski definition) is 6. The molecule has 2 heterocycles. The third kappa shape index (κ3) is 4.05. The highest BCUT2D eigenvalue weighted by Crippen LogP contribution is 2.33. The number of hydrogen-bond donors (Lipinski definition) is 1. The van der Waals surface area contributed by atoms with Crippen molar-refractivity contribution in [2.45, 2.75) is 19.4 Å². The van der Waals surface area contributed by atoms with Crippen molar-refractivity contribution in [3.05, 3.63) is 53.4 Å². The van der Waals surface area contributed by atoms with Crippen LogP contribution in [0, 0.1) is 0 Å². The zero-order valence-corrected chi connectivity index (χ0v) is 15.6. The number of benzene rings is 1. The standard InChI is InChI=1S/C19H20N2O4S/c1-12(15-5-4-8-25-15)20-18(22)10-14-11-26-19(21-14)13-6-7-16(23-2)17(9-13)24-3/h4-9,11-12H,10H2,1-3H3,(H,20,22)/t12-/m1/s1. The minimum Gasteiger partial charge on any atom is -0.493 e. The van der Waals surface area contributed by atoms with Crippen LogP contribution in [0.25, 0.3) is 10.6 Å². The van der Waals surface area contributed by atoms with Crippen LogP contribution in [0.5, 0.6) is 11.5 Å². The number of furan rings is 1. The van der Waals surface area contributed by atoms with E-state index in [1.165, 1.54) is 11.3 Å². The Bertz CT molecular complexity index is 874. The van der Waals surface area contributed by atoms with Crippen molar-refractivity contribution in [3.63, 3.8) is 0 Å². The van der Waals surface area contributed by atoms with E-state index in [9.17, 15) is 4.79 Å². The van der Waals surface area contributed by atoms with Gasteiger partial charge in [-0.15, -0.1) is 11.3 Å². The lowest BCUT2D eigenvalue weighted by molar-refractivity contribution is -0.121. The van der Waals surface area contributed by atoms with Gasteiger partial charge in [-0.25, -0.2) is 4.98 Å². The molecule has 0 spiro atoms. The fourth-order valence-electron chi connectivity index (χ4n) is 2.56. The molecule has 0 bridgehead atoms. The Morgan fingerprint density at radius 3 is 2.77 bits per heavy atom. The van der Waals surface area contributed by atoms with E-state index in [1.807, 2.05) is 36.6 Å². The molecule has 6 nitrogen and oxygen atoms in total. The second kappa shape index (κ2) is 8.05. The first-order chi connectivity index (χ1) is 12.6. The maximum absolute atomic E-state index is 12.2. The van der Waals surface area contributed by atoms with E-state index >= 15 is 0 Å². The number of ether oxygens (including phenoxy) is 2. The van der Waals surface area contributed by atoms with Crippen LogP contribution in [0.1, 0.15) is 24.4 Å². The normalized spacial score (nSPS) is 11.8. The number of nitrogens with zero attached hydrogens (tertiary/aromatic N) is 1. The second-order valence-electron chi connectivity index (χ2n) is 5.70. The van der Waals surface area contributed by atoms with Crippen molar-refractivity contribution in [1.82, 2.24) is 10.3 Å². The third-order valence-corrected chi connectivity index (χ3v) is 4.81. The molecule has 0 radical (unpaired) electrons. The number of thiazole rings is 1. The average Bonchev–Trinajstić information content (AvgIpc) is 3.33. The Morgan fingerprint density at radius 2 is 2.08 bits per heavy atom. The molecule has 0 saturated heterocycles. The number of carbonyl (C=O) groups excluding carboxylic acids is 1. The van der Waals surface area contributed by atoms with Gasteiger partial charge >= 0.3 is 0 Å². The maximum Gasteiger partial charge on any atom is 0.226 e. The largest absolute Gasteiger partial charge is 0.493 e. The van der Waals surface area contributed by atoms with Gasteiger partial charge in [0.05, 0.1) is 38.6 Å². The van der Waals surface area contributed by atoms with Gasteiger partial charge in [-0.1, -0.05) is 0 Å². The van der Waals surface area contributed by atoms with Gasteiger partial charge in [0.1, 0.15) is 10.8 Å². The highest BCUT2D eigenvalue weighted by Gasteiger charge is 2.15. The van der Waals surface area contributed by atoms with E-state index in [0.717, 1.165) is 22.0 Å². The van der Waals surface area contributed by atoms with E-state index in [0.29, 0.717) is 11.5 Å². The molecule has 1 aromatic carbocycles. The van der Waals surface area contributed by atoms with Crippen LogP contribution in [0.2, 0.25) is 0 Å². The molecule has 0 fully saturated rings. The Hall–Kier alpha value is -2.80. The van der Waals surface area contributed by atoms with Crippen molar-refractivity contribution in [2.75, 3.05) is 14.2 Å². The molecule has 26 heavy (non-hydrogen) atoms. The minimum absolute atomic E-state index is 0.0990. The van der Waals surface area contributed by atoms with Crippen LogP contribution in [-0.4, -0.2) is 25.1 Å². The summed E-state index contributed by atoms with van der Waals surface area (Å²) < 4.78 is 15.9. The van der Waals surface area contributed by atoms with Crippen molar-refractivity contribution < 1.29 is 18.7 Å². The van der Waals surface area contributed by atoms with Gasteiger partial charge in [-0.05, 0) is 37.3 Å². The van der Waals surface area contributed by atoms with Gasteiger partial charge < -0.3 is 19.2 Å². The highest BCUT2D eigenvalue weighted by molar-refractivity contribution is 7.13. The van der Waals surface area contributed by atoms with E-state index in [4.69, 9.17) is 13.9 Å². The molecule has 7 heteroatoms. The van der Waals surface area contributed by atoms with Crippen LogP contribution >= 0.6 is 11.3 Å². The number of aromatic nitrogens is 1.